The first-order valence-electron chi connectivity index (χ1n) is 18.3. The molecular formula is C41H52BrN3O7. The molecule has 280 valence electrons. The summed E-state index contributed by atoms with van der Waals surface area (Å²) in [4.78, 5) is 62.0. The van der Waals surface area contributed by atoms with Crippen LogP contribution < -0.4 is 0 Å². The predicted molar refractivity (Wildman–Crippen MR) is 202 cm³/mol. The fraction of sp³-hybridized carbons (Fsp3) is 0.512. The summed E-state index contributed by atoms with van der Waals surface area (Å²) in [5.41, 5.74) is 0.263. The molecule has 0 aromatic heterocycles. The van der Waals surface area contributed by atoms with E-state index in [0.29, 0.717) is 24.8 Å². The summed E-state index contributed by atoms with van der Waals surface area (Å²) in [7, 11) is 1.69. The van der Waals surface area contributed by atoms with Crippen molar-refractivity contribution in [1.29, 1.82) is 0 Å². The molecule has 2 aromatic rings. The Morgan fingerprint density at radius 1 is 1.10 bits per heavy atom. The third kappa shape index (κ3) is 7.37. The van der Waals surface area contributed by atoms with Gasteiger partial charge in [0.1, 0.15) is 17.7 Å². The number of alkyl halides is 1. The summed E-state index contributed by atoms with van der Waals surface area (Å²) >= 11 is 3.76. The maximum absolute atomic E-state index is 14.9. The highest BCUT2D eigenvalue weighted by Gasteiger charge is 2.77. The number of fused-ring (bicyclic) bond motifs is 1. The van der Waals surface area contributed by atoms with Gasteiger partial charge in [-0.3, -0.25) is 19.2 Å². The molecule has 3 heterocycles. The van der Waals surface area contributed by atoms with Crippen molar-refractivity contribution in [3.63, 3.8) is 0 Å². The minimum atomic E-state index is -1.35. The molecule has 3 aliphatic heterocycles. The van der Waals surface area contributed by atoms with Gasteiger partial charge in [0.25, 0.3) is 0 Å². The molecule has 1 unspecified atom stereocenters. The van der Waals surface area contributed by atoms with Crippen LogP contribution in [0.25, 0.3) is 0 Å². The number of amides is 3. The average molecular weight is 779 g/mol. The minimum Gasteiger partial charge on any atom is -0.455 e. The maximum Gasteiger partial charge on any atom is 0.313 e. The molecule has 0 radical (unpaired) electrons. The maximum atomic E-state index is 14.9. The van der Waals surface area contributed by atoms with Gasteiger partial charge in [-0.15, -0.1) is 13.2 Å². The van der Waals surface area contributed by atoms with Gasteiger partial charge < -0.3 is 29.3 Å². The van der Waals surface area contributed by atoms with Crippen LogP contribution in [0.1, 0.15) is 63.7 Å². The molecule has 1 N–H and O–H groups in total. The van der Waals surface area contributed by atoms with E-state index >= 15 is 0 Å². The number of likely N-dealkylation sites (tertiary alicyclic amines) is 1. The number of hydrogen-bond acceptors (Lipinski definition) is 7. The minimum absolute atomic E-state index is 0.116. The van der Waals surface area contributed by atoms with E-state index in [2.05, 4.69) is 29.1 Å². The highest BCUT2D eigenvalue weighted by atomic mass is 79.9. The van der Waals surface area contributed by atoms with Crippen molar-refractivity contribution in [2.75, 3.05) is 20.2 Å². The van der Waals surface area contributed by atoms with E-state index in [1.165, 1.54) is 4.90 Å². The Kier molecular flexibility index (Phi) is 12.8. The lowest BCUT2D eigenvalue weighted by Crippen LogP contribution is -2.59. The van der Waals surface area contributed by atoms with Crippen LogP contribution in [-0.4, -0.2) is 98.4 Å². The van der Waals surface area contributed by atoms with Crippen LogP contribution in [0, 0.1) is 17.8 Å². The van der Waals surface area contributed by atoms with Crippen LogP contribution in [0.2, 0.25) is 0 Å². The van der Waals surface area contributed by atoms with Gasteiger partial charge in [-0.25, -0.2) is 0 Å². The summed E-state index contributed by atoms with van der Waals surface area (Å²) in [5, 5.41) is 10.8. The molecule has 1 spiro atoms. The summed E-state index contributed by atoms with van der Waals surface area (Å²) < 4.78 is 13.2. The smallest absolute Gasteiger partial charge is 0.313 e. The summed E-state index contributed by atoms with van der Waals surface area (Å²) in [6.45, 7) is 13.5. The molecule has 0 saturated carbocycles. The normalized spacial score (nSPS) is 26.9. The third-order valence-electron chi connectivity index (χ3n) is 11.3. The van der Waals surface area contributed by atoms with Crippen molar-refractivity contribution in [1.82, 2.24) is 14.7 Å². The van der Waals surface area contributed by atoms with E-state index < -0.39 is 59.6 Å². The van der Waals surface area contributed by atoms with Crippen molar-refractivity contribution >= 4 is 39.6 Å². The van der Waals surface area contributed by atoms with Crippen molar-refractivity contribution in [3.8, 4) is 0 Å². The number of halogens is 1. The number of ether oxygens (including phenoxy) is 2. The van der Waals surface area contributed by atoms with Crippen LogP contribution >= 0.6 is 15.9 Å². The Labute approximate surface area is 315 Å². The Hall–Kier alpha value is -3.80. The Morgan fingerprint density at radius 3 is 2.35 bits per heavy atom. The second-order valence-corrected chi connectivity index (χ2v) is 15.6. The SMILES string of the molecule is C=CCCC(=O)N(C)[C@H](C)[C@H](OC(=O)[C@@H]1[C@H]2O[C@@]3(CC2Br)[C@H](C(=O)N(CC=C)Cc2ccccc2)N([C@@H](CO)[C@@H](C)CC)C(=O)[C@@H]13)c1ccccc1. The first-order chi connectivity index (χ1) is 24.9. The molecule has 2 bridgehead atoms. The van der Waals surface area contributed by atoms with Gasteiger partial charge in [0.05, 0.1) is 36.6 Å². The monoisotopic (exact) mass is 777 g/mol. The number of rotatable bonds is 17. The summed E-state index contributed by atoms with van der Waals surface area (Å²) in [6, 6.07) is 16.5. The van der Waals surface area contributed by atoms with Gasteiger partial charge in [-0.1, -0.05) is 109 Å². The molecule has 3 amide bonds. The van der Waals surface area contributed by atoms with E-state index in [9.17, 15) is 24.3 Å². The highest BCUT2D eigenvalue weighted by Crippen LogP contribution is 2.61. The zero-order valence-electron chi connectivity index (χ0n) is 30.6. The highest BCUT2D eigenvalue weighted by molar-refractivity contribution is 9.09. The molecule has 3 fully saturated rings. The Bertz CT molecular complexity index is 1610. The van der Waals surface area contributed by atoms with Crippen molar-refractivity contribution < 1.29 is 33.8 Å². The van der Waals surface area contributed by atoms with E-state index in [-0.39, 0.29) is 48.7 Å². The first-order valence-corrected chi connectivity index (χ1v) is 19.2. The van der Waals surface area contributed by atoms with Gasteiger partial charge >= 0.3 is 5.97 Å². The molecule has 5 rings (SSSR count). The molecule has 2 aromatic carbocycles. The predicted octanol–water partition coefficient (Wildman–Crippen LogP) is 5.45. The number of esters is 1. The quantitative estimate of drug-likeness (QED) is 0.129. The van der Waals surface area contributed by atoms with Crippen molar-refractivity contribution in [2.24, 2.45) is 17.8 Å². The lowest BCUT2D eigenvalue weighted by molar-refractivity contribution is -0.165. The average Bonchev–Trinajstić information content (AvgIpc) is 3.75. The van der Waals surface area contributed by atoms with E-state index in [1.54, 1.807) is 29.0 Å². The Morgan fingerprint density at radius 2 is 1.75 bits per heavy atom. The fourth-order valence-corrected chi connectivity index (χ4v) is 9.22. The fourth-order valence-electron chi connectivity index (χ4n) is 8.28. The number of aliphatic hydroxyl groups excluding tert-OH is 1. The second kappa shape index (κ2) is 16.9. The largest absolute Gasteiger partial charge is 0.455 e. The summed E-state index contributed by atoms with van der Waals surface area (Å²) in [6.07, 6.45) is 3.50. The number of nitrogens with zero attached hydrogens (tertiary/aromatic N) is 3. The van der Waals surface area contributed by atoms with Crippen molar-refractivity contribution in [2.45, 2.75) is 93.8 Å². The zero-order valence-corrected chi connectivity index (χ0v) is 32.2. The van der Waals surface area contributed by atoms with Crippen LogP contribution in [-0.2, 0) is 35.2 Å². The van der Waals surface area contributed by atoms with Crippen LogP contribution in [0.15, 0.2) is 86.0 Å². The second-order valence-electron chi connectivity index (χ2n) is 14.4. The number of benzene rings is 2. The van der Waals surface area contributed by atoms with Gasteiger partial charge in [0.15, 0.2) is 0 Å². The van der Waals surface area contributed by atoms with Crippen molar-refractivity contribution in [3.05, 3.63) is 97.1 Å². The zero-order chi connectivity index (χ0) is 37.7. The number of likely N-dealkylation sites (N-methyl/N-ethyl adjacent to an activating group) is 1. The van der Waals surface area contributed by atoms with Crippen LogP contribution in [0.3, 0.4) is 0 Å². The van der Waals surface area contributed by atoms with Gasteiger partial charge in [0, 0.05) is 31.4 Å². The van der Waals surface area contributed by atoms with Crippen LogP contribution in [0.5, 0.6) is 0 Å². The van der Waals surface area contributed by atoms with Gasteiger partial charge in [-0.2, -0.15) is 0 Å². The van der Waals surface area contributed by atoms with E-state index in [4.69, 9.17) is 9.47 Å². The molecule has 3 aliphatic rings. The van der Waals surface area contributed by atoms with E-state index in [1.807, 2.05) is 81.4 Å². The van der Waals surface area contributed by atoms with Crippen LogP contribution in [0.4, 0.5) is 0 Å². The molecule has 52 heavy (non-hydrogen) atoms. The topological polar surface area (TPSA) is 117 Å². The first kappa shape index (κ1) is 39.4. The van der Waals surface area contributed by atoms with Gasteiger partial charge in [0.2, 0.25) is 17.7 Å². The van der Waals surface area contributed by atoms with E-state index in [0.717, 1.165) is 5.56 Å². The number of hydrogen-bond donors (Lipinski definition) is 1. The standard InChI is InChI=1S/C41H52BrN3O7/c1-7-10-21-32(47)43(6)27(5)35(29-19-15-12-16-20-29)51-40(50)33-34-38(48)45(31(25-46)26(4)9-3)37(41(34)23-30(42)36(33)52-41)39(49)44(22-8-2)24-28-17-13-11-14-18-28/h7-8,11-20,26-27,30-31,33-37,46H,1-2,9-10,21-25H2,3-6H3/t26-,27+,30?,31-,33-,34+,35-,36-,37-,41+/m0/s1. The number of aliphatic hydroxyl groups is 1. The molecule has 0 aliphatic carbocycles. The summed E-state index contributed by atoms with van der Waals surface area (Å²) in [5.74, 6) is -3.69. The molecular weight excluding hydrogens is 726 g/mol. The molecule has 10 atom stereocenters. The number of carbonyl (C=O) groups excluding carboxylic acids is 4. The lowest BCUT2D eigenvalue weighted by atomic mass is 9.70. The molecule has 11 heteroatoms. The molecule has 10 nitrogen and oxygen atoms in total. The van der Waals surface area contributed by atoms with Gasteiger partial charge in [-0.05, 0) is 36.8 Å². The third-order valence-corrected chi connectivity index (χ3v) is 12.2. The molecule has 3 saturated heterocycles. The number of carbonyl (C=O) groups is 4. The number of allylic oxidation sites excluding steroid dienone is 1. The Balaban J connectivity index is 1.54. The lowest BCUT2D eigenvalue weighted by Gasteiger charge is -2.41.